The van der Waals surface area contributed by atoms with Crippen molar-refractivity contribution in [3.63, 3.8) is 0 Å². The van der Waals surface area contributed by atoms with Crippen molar-refractivity contribution in [2.75, 3.05) is 49.1 Å². The van der Waals surface area contributed by atoms with Crippen LogP contribution in [-0.4, -0.2) is 60.0 Å². The van der Waals surface area contributed by atoms with Crippen molar-refractivity contribution >= 4 is 17.5 Å². The minimum Gasteiger partial charge on any atom is -0.338 e. The zero-order valence-electron chi connectivity index (χ0n) is 15.3. The lowest BCUT2D eigenvalue weighted by Gasteiger charge is -2.36. The van der Waals surface area contributed by atoms with Crippen LogP contribution in [0.2, 0.25) is 0 Å². The molecule has 4 rings (SSSR count). The number of rotatable bonds is 3. The fourth-order valence-electron chi connectivity index (χ4n) is 3.76. The van der Waals surface area contributed by atoms with Gasteiger partial charge in [0.1, 0.15) is 0 Å². The monoisotopic (exact) mass is 351 g/mol. The van der Waals surface area contributed by atoms with Crippen LogP contribution < -0.4 is 9.80 Å². The Morgan fingerprint density at radius 3 is 2.69 bits per heavy atom. The second-order valence-corrected chi connectivity index (χ2v) is 7.04. The Morgan fingerprint density at radius 1 is 1.08 bits per heavy atom. The second-order valence-electron chi connectivity index (χ2n) is 7.04. The molecule has 0 radical (unpaired) electrons. The Hall–Kier alpha value is -2.47. The van der Waals surface area contributed by atoms with Gasteiger partial charge in [-0.15, -0.1) is 0 Å². The number of anilines is 2. The maximum atomic E-state index is 12.9. The zero-order valence-corrected chi connectivity index (χ0v) is 15.3. The van der Waals surface area contributed by atoms with Crippen molar-refractivity contribution in [3.05, 3.63) is 47.8 Å². The highest BCUT2D eigenvalue weighted by Gasteiger charge is 2.26. The fourth-order valence-corrected chi connectivity index (χ4v) is 3.76. The number of benzene rings is 1. The minimum atomic E-state index is 0.206. The molecular weight excluding hydrogens is 326 g/mol. The topological polar surface area (TPSA) is 52.6 Å². The molecule has 0 unspecified atom stereocenters. The smallest absolute Gasteiger partial charge is 0.241 e. The zero-order chi connectivity index (χ0) is 17.9. The number of carbonyl (C=O) groups excluding carboxylic acids is 1. The molecule has 0 bridgehead atoms. The van der Waals surface area contributed by atoms with E-state index < -0.39 is 0 Å². The van der Waals surface area contributed by atoms with Gasteiger partial charge in [-0.1, -0.05) is 18.2 Å². The molecule has 6 nitrogen and oxygen atoms in total. The van der Waals surface area contributed by atoms with Crippen molar-refractivity contribution in [2.45, 2.75) is 19.8 Å². The molecule has 0 aliphatic carbocycles. The van der Waals surface area contributed by atoms with Gasteiger partial charge >= 0.3 is 0 Å². The van der Waals surface area contributed by atoms with Gasteiger partial charge in [0, 0.05) is 50.3 Å². The number of aromatic nitrogens is 2. The third kappa shape index (κ3) is 3.55. The van der Waals surface area contributed by atoms with Gasteiger partial charge < -0.3 is 9.80 Å². The van der Waals surface area contributed by atoms with E-state index in [-0.39, 0.29) is 5.91 Å². The molecule has 2 aliphatic rings. The molecule has 0 N–H and O–H groups in total. The summed E-state index contributed by atoms with van der Waals surface area (Å²) in [6.45, 7) is 6.72. The molecule has 1 amide bonds. The summed E-state index contributed by atoms with van der Waals surface area (Å²) >= 11 is 0. The van der Waals surface area contributed by atoms with Crippen molar-refractivity contribution in [1.29, 1.82) is 0 Å². The Morgan fingerprint density at radius 2 is 1.88 bits per heavy atom. The first-order chi connectivity index (χ1) is 12.7. The van der Waals surface area contributed by atoms with E-state index >= 15 is 0 Å². The Labute approximate surface area is 154 Å². The van der Waals surface area contributed by atoms with E-state index in [2.05, 4.69) is 38.0 Å². The second kappa shape index (κ2) is 7.41. The van der Waals surface area contributed by atoms with Crippen LogP contribution in [0.1, 0.15) is 17.7 Å². The third-order valence-electron chi connectivity index (χ3n) is 5.21. The van der Waals surface area contributed by atoms with E-state index in [1.54, 1.807) is 6.20 Å². The van der Waals surface area contributed by atoms with Crippen LogP contribution in [0.4, 0.5) is 11.6 Å². The summed E-state index contributed by atoms with van der Waals surface area (Å²) in [4.78, 5) is 28.2. The lowest BCUT2D eigenvalue weighted by atomic mass is 10.0. The number of amides is 1. The maximum absolute atomic E-state index is 12.9. The Bertz CT molecular complexity index is 785. The highest BCUT2D eigenvalue weighted by molar-refractivity contribution is 5.96. The van der Waals surface area contributed by atoms with Gasteiger partial charge in [0.25, 0.3) is 0 Å². The van der Waals surface area contributed by atoms with E-state index in [0.29, 0.717) is 6.54 Å². The van der Waals surface area contributed by atoms with Crippen LogP contribution >= 0.6 is 0 Å². The SMILES string of the molecule is Cc1ccnc(N2CCN(CC(=O)N3CCCc4ccccc43)CC2)n1. The van der Waals surface area contributed by atoms with Crippen molar-refractivity contribution in [3.8, 4) is 0 Å². The summed E-state index contributed by atoms with van der Waals surface area (Å²) in [5, 5.41) is 0. The fraction of sp³-hybridized carbons (Fsp3) is 0.450. The third-order valence-corrected chi connectivity index (χ3v) is 5.21. The van der Waals surface area contributed by atoms with E-state index in [9.17, 15) is 4.79 Å². The van der Waals surface area contributed by atoms with Crippen molar-refractivity contribution in [2.24, 2.45) is 0 Å². The van der Waals surface area contributed by atoms with Gasteiger partial charge in [0.05, 0.1) is 6.54 Å². The largest absolute Gasteiger partial charge is 0.338 e. The highest BCUT2D eigenvalue weighted by atomic mass is 16.2. The van der Waals surface area contributed by atoms with Crippen LogP contribution in [0.15, 0.2) is 36.5 Å². The van der Waals surface area contributed by atoms with E-state index in [4.69, 9.17) is 0 Å². The number of carbonyl (C=O) groups is 1. The number of aryl methyl sites for hydroxylation is 2. The van der Waals surface area contributed by atoms with Crippen molar-refractivity contribution < 1.29 is 4.79 Å². The molecule has 6 heteroatoms. The molecule has 2 aliphatic heterocycles. The first-order valence-corrected chi connectivity index (χ1v) is 9.36. The number of para-hydroxylation sites is 1. The highest BCUT2D eigenvalue weighted by Crippen LogP contribution is 2.26. The van der Waals surface area contributed by atoms with Crippen LogP contribution in [0.3, 0.4) is 0 Å². The van der Waals surface area contributed by atoms with Crippen LogP contribution in [0.5, 0.6) is 0 Å². The molecule has 0 saturated carbocycles. The first kappa shape index (κ1) is 17.0. The number of piperazine rings is 1. The van der Waals surface area contributed by atoms with Crippen LogP contribution in [0.25, 0.3) is 0 Å². The molecule has 1 saturated heterocycles. The van der Waals surface area contributed by atoms with Gasteiger partial charge in [-0.05, 0) is 37.5 Å². The number of hydrogen-bond acceptors (Lipinski definition) is 5. The average molecular weight is 351 g/mol. The van der Waals surface area contributed by atoms with E-state index in [0.717, 1.165) is 62.9 Å². The molecule has 3 heterocycles. The number of hydrogen-bond donors (Lipinski definition) is 0. The Balaban J connectivity index is 1.36. The predicted octanol–water partition coefficient (Wildman–Crippen LogP) is 1.89. The van der Waals surface area contributed by atoms with Gasteiger partial charge in [-0.25, -0.2) is 9.97 Å². The summed E-state index contributed by atoms with van der Waals surface area (Å²) in [5.41, 5.74) is 3.36. The lowest BCUT2D eigenvalue weighted by Crippen LogP contribution is -2.51. The summed E-state index contributed by atoms with van der Waals surface area (Å²) in [7, 11) is 0. The van der Waals surface area contributed by atoms with E-state index in [1.807, 2.05) is 24.0 Å². The van der Waals surface area contributed by atoms with Crippen LogP contribution in [0, 0.1) is 6.92 Å². The van der Waals surface area contributed by atoms with Gasteiger partial charge in [-0.3, -0.25) is 9.69 Å². The van der Waals surface area contributed by atoms with Gasteiger partial charge in [-0.2, -0.15) is 0 Å². The summed E-state index contributed by atoms with van der Waals surface area (Å²) in [6.07, 6.45) is 3.91. The normalized spacial score (nSPS) is 17.9. The molecule has 1 aromatic carbocycles. The maximum Gasteiger partial charge on any atom is 0.241 e. The molecule has 1 fully saturated rings. The summed E-state index contributed by atoms with van der Waals surface area (Å²) in [6, 6.07) is 10.2. The molecule has 136 valence electrons. The van der Waals surface area contributed by atoms with Crippen LogP contribution in [-0.2, 0) is 11.2 Å². The van der Waals surface area contributed by atoms with E-state index in [1.165, 1.54) is 5.56 Å². The number of nitrogens with zero attached hydrogens (tertiary/aromatic N) is 5. The molecule has 1 aromatic heterocycles. The summed E-state index contributed by atoms with van der Waals surface area (Å²) < 4.78 is 0. The predicted molar refractivity (Wildman–Crippen MR) is 103 cm³/mol. The average Bonchev–Trinajstić information content (AvgIpc) is 2.68. The molecular formula is C20H25N5O. The molecule has 0 atom stereocenters. The standard InChI is InChI=1S/C20H25N5O/c1-16-8-9-21-20(22-16)24-13-11-23(12-14-24)15-19(26)25-10-4-6-17-5-2-3-7-18(17)25/h2-3,5,7-9H,4,6,10-15H2,1H3. The number of fused-ring (bicyclic) bond motifs is 1. The lowest BCUT2D eigenvalue weighted by molar-refractivity contribution is -0.119. The van der Waals surface area contributed by atoms with Gasteiger partial charge in [0.15, 0.2) is 0 Å². The first-order valence-electron chi connectivity index (χ1n) is 9.36. The molecule has 0 spiro atoms. The minimum absolute atomic E-state index is 0.206. The quantitative estimate of drug-likeness (QED) is 0.845. The Kier molecular flexibility index (Phi) is 4.84. The molecule has 26 heavy (non-hydrogen) atoms. The molecule has 2 aromatic rings. The van der Waals surface area contributed by atoms with Crippen molar-refractivity contribution in [1.82, 2.24) is 14.9 Å². The van der Waals surface area contributed by atoms with Gasteiger partial charge in [0.2, 0.25) is 11.9 Å². The summed E-state index contributed by atoms with van der Waals surface area (Å²) in [5.74, 6) is 0.998.